The van der Waals surface area contributed by atoms with Crippen molar-refractivity contribution in [2.24, 2.45) is 4.99 Å². The number of hydrogen-bond donors (Lipinski definition) is 2. The summed E-state index contributed by atoms with van der Waals surface area (Å²) in [6.07, 6.45) is -3.29. The number of likely N-dealkylation sites (tertiary alicyclic amines) is 1. The van der Waals surface area contributed by atoms with E-state index in [0.717, 1.165) is 43.2 Å². The molecule has 1 fully saturated rings. The van der Waals surface area contributed by atoms with Crippen molar-refractivity contribution in [2.45, 2.75) is 25.2 Å². The number of nitrogens with one attached hydrogen (secondary N) is 2. The minimum atomic E-state index is -4.27. The van der Waals surface area contributed by atoms with Crippen LogP contribution >= 0.6 is 24.0 Å². The normalized spacial score (nSPS) is 19.3. The van der Waals surface area contributed by atoms with Crippen LogP contribution in [0.1, 0.15) is 17.5 Å². The van der Waals surface area contributed by atoms with Crippen LogP contribution in [-0.2, 0) is 12.7 Å². The van der Waals surface area contributed by atoms with Gasteiger partial charge in [0.25, 0.3) is 0 Å². The summed E-state index contributed by atoms with van der Waals surface area (Å²) in [6.45, 7) is 2.43. The third kappa shape index (κ3) is 5.83. The van der Waals surface area contributed by atoms with Gasteiger partial charge in [-0.1, -0.05) is 12.1 Å². The van der Waals surface area contributed by atoms with Gasteiger partial charge < -0.3 is 10.6 Å². The van der Waals surface area contributed by atoms with Gasteiger partial charge in [-0.2, -0.15) is 13.2 Å². The Balaban J connectivity index is 0.00000264. The molecule has 1 unspecified atom stereocenters. The molecule has 2 N–H and O–H groups in total. The van der Waals surface area contributed by atoms with Crippen molar-refractivity contribution in [3.63, 3.8) is 0 Å². The average Bonchev–Trinajstić information content (AvgIpc) is 2.91. The van der Waals surface area contributed by atoms with Crippen LogP contribution in [-0.4, -0.2) is 44.1 Å². The molecule has 8 heteroatoms. The van der Waals surface area contributed by atoms with Crippen molar-refractivity contribution in [3.8, 4) is 0 Å². The average molecular weight is 442 g/mol. The SMILES string of the molecule is CN=C(NC)NC1CCN(Cc2ccc(C(F)(F)F)cc2)C1.I. The minimum absolute atomic E-state index is 0. The first-order valence-electron chi connectivity index (χ1n) is 7.22. The highest BCUT2D eigenvalue weighted by molar-refractivity contribution is 14.0. The van der Waals surface area contributed by atoms with Gasteiger partial charge in [0.1, 0.15) is 0 Å². The summed E-state index contributed by atoms with van der Waals surface area (Å²) in [5.74, 6) is 0.751. The van der Waals surface area contributed by atoms with Crippen molar-refractivity contribution in [1.82, 2.24) is 15.5 Å². The molecule has 23 heavy (non-hydrogen) atoms. The molecule has 0 saturated carbocycles. The molecule has 0 radical (unpaired) electrons. The molecule has 2 rings (SSSR count). The fourth-order valence-electron chi connectivity index (χ4n) is 2.59. The highest BCUT2D eigenvalue weighted by atomic mass is 127. The van der Waals surface area contributed by atoms with Crippen molar-refractivity contribution in [1.29, 1.82) is 0 Å². The summed E-state index contributed by atoms with van der Waals surface area (Å²) in [6, 6.07) is 5.70. The van der Waals surface area contributed by atoms with Gasteiger partial charge in [-0.3, -0.25) is 9.89 Å². The van der Waals surface area contributed by atoms with Crippen LogP contribution in [0.3, 0.4) is 0 Å². The van der Waals surface area contributed by atoms with Crippen molar-refractivity contribution in [2.75, 3.05) is 27.2 Å². The Morgan fingerprint density at radius 1 is 1.30 bits per heavy atom. The first-order valence-corrected chi connectivity index (χ1v) is 7.22. The molecule has 4 nitrogen and oxygen atoms in total. The van der Waals surface area contributed by atoms with Crippen LogP contribution in [0.25, 0.3) is 0 Å². The zero-order chi connectivity index (χ0) is 16.2. The predicted molar refractivity (Wildman–Crippen MR) is 96.1 cm³/mol. The molecule has 1 saturated heterocycles. The maximum Gasteiger partial charge on any atom is 0.416 e. The van der Waals surface area contributed by atoms with Gasteiger partial charge in [-0.05, 0) is 24.1 Å². The molecule has 1 heterocycles. The molecular weight excluding hydrogens is 420 g/mol. The van der Waals surface area contributed by atoms with Gasteiger partial charge in [-0.25, -0.2) is 0 Å². The number of nitrogens with zero attached hydrogens (tertiary/aromatic N) is 2. The van der Waals surface area contributed by atoms with E-state index < -0.39 is 11.7 Å². The highest BCUT2D eigenvalue weighted by Gasteiger charge is 2.30. The lowest BCUT2D eigenvalue weighted by atomic mass is 10.1. The number of aliphatic imine (C=N–C) groups is 1. The van der Waals surface area contributed by atoms with Gasteiger partial charge in [0.2, 0.25) is 0 Å². The van der Waals surface area contributed by atoms with E-state index in [1.807, 2.05) is 7.05 Å². The van der Waals surface area contributed by atoms with E-state index in [-0.39, 0.29) is 24.0 Å². The van der Waals surface area contributed by atoms with E-state index in [2.05, 4.69) is 20.5 Å². The number of guanidine groups is 1. The van der Waals surface area contributed by atoms with Gasteiger partial charge in [-0.15, -0.1) is 24.0 Å². The summed E-state index contributed by atoms with van der Waals surface area (Å²) in [7, 11) is 3.53. The van der Waals surface area contributed by atoms with Gasteiger partial charge in [0, 0.05) is 39.8 Å². The Bertz CT molecular complexity index is 516. The fraction of sp³-hybridized carbons (Fsp3) is 0.533. The molecule has 0 aliphatic carbocycles. The zero-order valence-corrected chi connectivity index (χ0v) is 15.5. The van der Waals surface area contributed by atoms with Gasteiger partial charge in [0.05, 0.1) is 5.56 Å². The molecule has 130 valence electrons. The molecule has 1 aromatic rings. The maximum atomic E-state index is 12.5. The zero-order valence-electron chi connectivity index (χ0n) is 13.2. The summed E-state index contributed by atoms with van der Waals surface area (Å²) < 4.78 is 37.6. The molecule has 1 atom stereocenters. The minimum Gasteiger partial charge on any atom is -0.359 e. The van der Waals surface area contributed by atoms with E-state index in [0.29, 0.717) is 12.6 Å². The van der Waals surface area contributed by atoms with Gasteiger partial charge >= 0.3 is 6.18 Å². The quantitative estimate of drug-likeness (QED) is 0.430. The topological polar surface area (TPSA) is 39.7 Å². The Morgan fingerprint density at radius 2 is 1.96 bits per heavy atom. The number of hydrogen-bond acceptors (Lipinski definition) is 2. The number of benzene rings is 1. The van der Waals surface area contributed by atoms with E-state index in [1.165, 1.54) is 0 Å². The van der Waals surface area contributed by atoms with Crippen LogP contribution in [0.2, 0.25) is 0 Å². The van der Waals surface area contributed by atoms with Gasteiger partial charge in [0.15, 0.2) is 5.96 Å². The molecular formula is C15H22F3IN4. The van der Waals surface area contributed by atoms with Crippen LogP contribution in [0.5, 0.6) is 0 Å². The number of rotatable bonds is 3. The first-order chi connectivity index (χ1) is 10.4. The Hall–Kier alpha value is -1.03. The van der Waals surface area contributed by atoms with Crippen LogP contribution in [0.15, 0.2) is 29.3 Å². The Labute approximate surface area is 151 Å². The van der Waals surface area contributed by atoms with Crippen molar-refractivity contribution >= 4 is 29.9 Å². The largest absolute Gasteiger partial charge is 0.416 e. The maximum absolute atomic E-state index is 12.5. The molecule has 0 bridgehead atoms. The molecule has 0 aromatic heterocycles. The summed E-state index contributed by atoms with van der Waals surface area (Å²) in [5.41, 5.74) is 0.293. The third-order valence-electron chi connectivity index (χ3n) is 3.76. The Morgan fingerprint density at radius 3 is 2.48 bits per heavy atom. The van der Waals surface area contributed by atoms with Crippen LogP contribution in [0.4, 0.5) is 13.2 Å². The standard InChI is InChI=1S/C15H21F3N4.HI/c1-19-14(20-2)21-13-7-8-22(10-13)9-11-3-5-12(6-4-11)15(16,17)18;/h3-6,13H,7-10H2,1-2H3,(H2,19,20,21);1H. The van der Waals surface area contributed by atoms with E-state index in [9.17, 15) is 13.2 Å². The third-order valence-corrected chi connectivity index (χ3v) is 3.76. The molecule has 1 aliphatic rings. The molecule has 0 amide bonds. The van der Waals surface area contributed by atoms with Crippen LogP contribution in [0, 0.1) is 0 Å². The lowest BCUT2D eigenvalue weighted by Crippen LogP contribution is -2.43. The monoisotopic (exact) mass is 442 g/mol. The number of alkyl halides is 3. The van der Waals surface area contributed by atoms with Crippen molar-refractivity contribution < 1.29 is 13.2 Å². The summed E-state index contributed by atoms with van der Waals surface area (Å²) in [5, 5.41) is 6.29. The van der Waals surface area contributed by atoms with E-state index in [4.69, 9.17) is 0 Å². The second-order valence-electron chi connectivity index (χ2n) is 5.38. The van der Waals surface area contributed by atoms with Crippen LogP contribution < -0.4 is 10.6 Å². The first kappa shape index (κ1) is 20.0. The Kier molecular flexibility index (Phi) is 7.59. The second kappa shape index (κ2) is 8.72. The molecule has 1 aliphatic heterocycles. The lowest BCUT2D eigenvalue weighted by Gasteiger charge is -2.18. The lowest BCUT2D eigenvalue weighted by molar-refractivity contribution is -0.137. The molecule has 1 aromatic carbocycles. The smallest absolute Gasteiger partial charge is 0.359 e. The number of halogens is 4. The van der Waals surface area contributed by atoms with Crippen molar-refractivity contribution in [3.05, 3.63) is 35.4 Å². The summed E-state index contributed by atoms with van der Waals surface area (Å²) >= 11 is 0. The molecule has 0 spiro atoms. The van der Waals surface area contributed by atoms with E-state index >= 15 is 0 Å². The second-order valence-corrected chi connectivity index (χ2v) is 5.38. The highest BCUT2D eigenvalue weighted by Crippen LogP contribution is 2.29. The predicted octanol–water partition coefficient (Wildman–Crippen LogP) is 2.69. The van der Waals surface area contributed by atoms with E-state index in [1.54, 1.807) is 19.2 Å². The fourth-order valence-corrected chi connectivity index (χ4v) is 2.59. The summed E-state index contributed by atoms with van der Waals surface area (Å²) in [4.78, 5) is 6.31.